The van der Waals surface area contributed by atoms with Crippen LogP contribution in [0.2, 0.25) is 20.1 Å². The van der Waals surface area contributed by atoms with Crippen molar-refractivity contribution in [1.29, 1.82) is 0 Å². The van der Waals surface area contributed by atoms with Gasteiger partial charge in [-0.15, -0.1) is 13.2 Å². The second-order valence-electron chi connectivity index (χ2n) is 15.3. The summed E-state index contributed by atoms with van der Waals surface area (Å²) >= 11 is 29.2. The van der Waals surface area contributed by atoms with Crippen molar-refractivity contribution in [2.24, 2.45) is 0 Å². The molecule has 0 aliphatic rings. The van der Waals surface area contributed by atoms with E-state index in [1.165, 1.54) is 63.5 Å². The van der Waals surface area contributed by atoms with E-state index in [0.29, 0.717) is 44.8 Å². The fraction of sp³-hybridized carbons (Fsp3) is 0.333. The van der Waals surface area contributed by atoms with Gasteiger partial charge >= 0.3 is 23.9 Å². The molecule has 0 aliphatic heterocycles. The average molecular weight is 1170 g/mol. The van der Waals surface area contributed by atoms with E-state index in [1.807, 2.05) is 0 Å². The lowest BCUT2D eigenvalue weighted by Gasteiger charge is -2.43. The zero-order valence-corrected chi connectivity index (χ0v) is 45.9. The van der Waals surface area contributed by atoms with Gasteiger partial charge in [-0.2, -0.15) is 53.3 Å². The van der Waals surface area contributed by atoms with E-state index in [0.717, 1.165) is 9.80 Å². The number of hydrogen-bond donors (Lipinski definition) is 1. The summed E-state index contributed by atoms with van der Waals surface area (Å²) in [7, 11) is 8.69. The number of alkyl halides is 6. The smallest absolute Gasteiger partial charge is 0.415 e. The van der Waals surface area contributed by atoms with Crippen LogP contribution < -0.4 is 24.3 Å². The molecule has 0 heterocycles. The standard InChI is InChI=1S/C24H25Cl2F3N2O4.C16H19Cl2F3N2O.C8H7ClO3.2H2S/c1-5-12-23(16-6-11-19(25)20(26)13-16,15-30(2)21(32)14-24(27,28)29)31(3)22(33)35-18-9-7-17(34-4)8-10-18;1-4-7-15(22-2,11-5-6-12(17)13(18)8-11)10-23(3)14(24)9-16(19,20)21;1-11-6-2-4-7(5-3-6)12-8(9)10;;/h5-11,13H,1,12,14-15H2,2-4H3;4-6,8,22H,1,7,9-10H2,2-3H3;2-5H,1H3;2*1H2/t23-;15-;;;/m11.../s1. The van der Waals surface area contributed by atoms with Gasteiger partial charge in [0.25, 0.3) is 0 Å². The molecule has 73 heavy (non-hydrogen) atoms. The predicted molar refractivity (Wildman–Crippen MR) is 284 cm³/mol. The van der Waals surface area contributed by atoms with Crippen molar-refractivity contribution in [3.8, 4) is 23.0 Å². The number of hydrogen-bond acceptors (Lipinski definition) is 9. The van der Waals surface area contributed by atoms with Gasteiger partial charge in [0, 0.05) is 45.8 Å². The number of amides is 3. The Bertz CT molecular complexity index is 2450. The van der Waals surface area contributed by atoms with Gasteiger partial charge in [0.1, 0.15) is 35.8 Å². The summed E-state index contributed by atoms with van der Waals surface area (Å²) in [6.07, 6.45) is -9.64. The van der Waals surface area contributed by atoms with Crippen LogP contribution in [-0.4, -0.2) is 106 Å². The monoisotopic (exact) mass is 1170 g/mol. The van der Waals surface area contributed by atoms with Crippen molar-refractivity contribution in [1.82, 2.24) is 20.0 Å². The van der Waals surface area contributed by atoms with E-state index in [4.69, 9.17) is 72.2 Å². The van der Waals surface area contributed by atoms with E-state index >= 15 is 0 Å². The summed E-state index contributed by atoms with van der Waals surface area (Å²) in [6.45, 7) is 7.13. The zero-order valence-electron chi connectivity index (χ0n) is 40.2. The minimum absolute atomic E-state index is 0. The Kier molecular flexibility index (Phi) is 29.3. The Morgan fingerprint density at radius 2 is 0.973 bits per heavy atom. The third kappa shape index (κ3) is 22.0. The summed E-state index contributed by atoms with van der Waals surface area (Å²) in [5.74, 6) is -0.306. The van der Waals surface area contributed by atoms with Crippen LogP contribution in [0.3, 0.4) is 0 Å². The van der Waals surface area contributed by atoms with Gasteiger partial charge in [-0.25, -0.2) is 9.59 Å². The molecule has 4 aromatic carbocycles. The Labute approximate surface area is 459 Å². The summed E-state index contributed by atoms with van der Waals surface area (Å²) < 4.78 is 95.9. The molecule has 0 saturated heterocycles. The fourth-order valence-electron chi connectivity index (χ4n) is 6.68. The van der Waals surface area contributed by atoms with Crippen molar-refractivity contribution in [3.63, 3.8) is 0 Å². The first-order chi connectivity index (χ1) is 33.1. The summed E-state index contributed by atoms with van der Waals surface area (Å²) in [5, 5.41) is 4.18. The van der Waals surface area contributed by atoms with Gasteiger partial charge in [-0.3, -0.25) is 14.5 Å². The summed E-state index contributed by atoms with van der Waals surface area (Å²) in [4.78, 5) is 50.8. The molecule has 3 amide bonds. The maximum Gasteiger partial charge on any atom is 0.415 e. The molecule has 0 aromatic heterocycles. The Balaban J connectivity index is 0.00000118. The average Bonchev–Trinajstić information content (AvgIpc) is 3.29. The third-order valence-corrected chi connectivity index (χ3v) is 11.9. The number of halogens is 11. The molecule has 404 valence electrons. The van der Waals surface area contributed by atoms with Crippen molar-refractivity contribution in [2.75, 3.05) is 55.5 Å². The molecular formula is C48H55Cl5F6N4O8S2. The molecule has 0 fully saturated rings. The summed E-state index contributed by atoms with van der Waals surface area (Å²) in [6, 6.07) is 22.3. The van der Waals surface area contributed by atoms with Gasteiger partial charge in [0.05, 0.1) is 45.4 Å². The molecule has 4 aromatic rings. The van der Waals surface area contributed by atoms with E-state index in [1.54, 1.807) is 80.9 Å². The normalized spacial score (nSPS) is 12.3. The highest BCUT2D eigenvalue weighted by molar-refractivity contribution is 7.59. The minimum atomic E-state index is -4.69. The van der Waals surface area contributed by atoms with Crippen LogP contribution in [0.1, 0.15) is 36.8 Å². The van der Waals surface area contributed by atoms with Crippen LogP contribution in [0, 0.1) is 0 Å². The first-order valence-electron chi connectivity index (χ1n) is 20.6. The topological polar surface area (TPSA) is 127 Å². The molecule has 4 rings (SSSR count). The zero-order chi connectivity index (χ0) is 53.9. The molecule has 0 saturated carbocycles. The van der Waals surface area contributed by atoms with Crippen molar-refractivity contribution < 1.29 is 64.5 Å². The van der Waals surface area contributed by atoms with Gasteiger partial charge < -0.3 is 34.1 Å². The molecule has 0 radical (unpaired) electrons. The van der Waals surface area contributed by atoms with Crippen molar-refractivity contribution >= 4 is 108 Å². The Morgan fingerprint density at radius 1 is 0.589 bits per heavy atom. The number of benzene rings is 4. The van der Waals surface area contributed by atoms with Gasteiger partial charge in [-0.1, -0.05) is 70.7 Å². The number of likely N-dealkylation sites (N-methyl/N-ethyl adjacent to an activating group) is 4. The highest BCUT2D eigenvalue weighted by Gasteiger charge is 2.43. The number of carbonyl (C=O) groups excluding carboxylic acids is 4. The summed E-state index contributed by atoms with van der Waals surface area (Å²) in [5.41, 5.74) is -1.93. The van der Waals surface area contributed by atoms with Crippen molar-refractivity contribution in [3.05, 3.63) is 141 Å². The molecular weight excluding hydrogens is 1120 g/mol. The van der Waals surface area contributed by atoms with E-state index in [2.05, 4.69) is 23.2 Å². The maximum absolute atomic E-state index is 13.2. The fourth-order valence-corrected chi connectivity index (χ4v) is 7.37. The third-order valence-electron chi connectivity index (χ3n) is 10.4. The van der Waals surface area contributed by atoms with Crippen LogP contribution >= 0.6 is 85.0 Å². The number of nitrogens with one attached hydrogen (secondary N) is 1. The van der Waals surface area contributed by atoms with Gasteiger partial charge in [-0.05, 0) is 104 Å². The van der Waals surface area contributed by atoms with E-state index < -0.39 is 59.6 Å². The highest BCUT2D eigenvalue weighted by atomic mass is 35.5. The SMILES string of the molecule is C=CC[C@@](CN(C)C(=O)CC(F)(F)F)(c1ccc(Cl)c(Cl)c1)N(C)C(=O)Oc1ccc(OC)cc1.C=CC[C@](CN(C)C(=O)CC(F)(F)F)(NC)c1ccc(Cl)c(Cl)c1.COc1ccc(OC(=O)Cl)cc1.S.S. The second kappa shape index (κ2) is 31.3. The Hall–Kier alpha value is -4.67. The quantitative estimate of drug-likeness (QED) is 0.0588. The molecule has 25 heteroatoms. The molecule has 0 aliphatic carbocycles. The van der Waals surface area contributed by atoms with E-state index in [-0.39, 0.29) is 62.3 Å². The number of methoxy groups -OCH3 is 2. The number of ether oxygens (including phenoxy) is 4. The van der Waals surface area contributed by atoms with Crippen LogP contribution in [0.5, 0.6) is 23.0 Å². The predicted octanol–water partition coefficient (Wildman–Crippen LogP) is 13.4. The van der Waals surface area contributed by atoms with Crippen molar-refractivity contribution in [2.45, 2.75) is 49.1 Å². The molecule has 0 spiro atoms. The first-order valence-corrected chi connectivity index (χ1v) is 22.5. The lowest BCUT2D eigenvalue weighted by atomic mass is 9.84. The minimum Gasteiger partial charge on any atom is -0.497 e. The van der Waals surface area contributed by atoms with E-state index in [9.17, 15) is 45.5 Å². The molecule has 12 nitrogen and oxygen atoms in total. The number of carbonyl (C=O) groups is 4. The number of rotatable bonds is 18. The largest absolute Gasteiger partial charge is 0.497 e. The highest BCUT2D eigenvalue weighted by Crippen LogP contribution is 2.38. The molecule has 0 unspecified atom stereocenters. The van der Waals surface area contributed by atoms with Crippen LogP contribution in [0.4, 0.5) is 35.9 Å². The number of nitrogens with zero attached hydrogens (tertiary/aromatic N) is 3. The molecule has 0 bridgehead atoms. The van der Waals surface area contributed by atoms with Crippen LogP contribution in [0.15, 0.2) is 110 Å². The lowest BCUT2D eigenvalue weighted by molar-refractivity contribution is -0.163. The van der Waals surface area contributed by atoms with Crippen LogP contribution in [-0.2, 0) is 20.7 Å². The van der Waals surface area contributed by atoms with Crippen LogP contribution in [0.25, 0.3) is 0 Å². The molecule has 1 N–H and O–H groups in total. The Morgan fingerprint density at radius 3 is 1.34 bits per heavy atom. The lowest BCUT2D eigenvalue weighted by Crippen LogP contribution is -2.55. The molecule has 2 atom stereocenters. The maximum atomic E-state index is 13.2. The second-order valence-corrected chi connectivity index (χ2v) is 17.2. The van der Waals surface area contributed by atoms with Gasteiger partial charge in [0.15, 0.2) is 0 Å². The van der Waals surface area contributed by atoms with Gasteiger partial charge in [0.2, 0.25) is 11.8 Å². The first kappa shape index (κ1) is 68.3.